The third-order valence-electron chi connectivity index (χ3n) is 5.45. The molecule has 0 aliphatic carbocycles. The highest BCUT2D eigenvalue weighted by Gasteiger charge is 2.51. The van der Waals surface area contributed by atoms with E-state index in [0.717, 1.165) is 16.7 Å². The third-order valence-corrected chi connectivity index (χ3v) is 5.45. The van der Waals surface area contributed by atoms with Gasteiger partial charge in [0.1, 0.15) is 12.4 Å². The molecule has 5 nitrogen and oxygen atoms in total. The number of nitrogens with one attached hydrogen (secondary N) is 1. The molecule has 5 rings (SSSR count). The van der Waals surface area contributed by atoms with Crippen LogP contribution in [0.2, 0.25) is 0 Å². The second-order valence-corrected chi connectivity index (χ2v) is 7.09. The van der Waals surface area contributed by atoms with Crippen molar-refractivity contribution in [2.24, 2.45) is 0 Å². The molecule has 0 radical (unpaired) electrons. The Balaban J connectivity index is 1.50. The molecule has 1 aliphatic rings. The van der Waals surface area contributed by atoms with Crippen molar-refractivity contribution in [1.29, 1.82) is 0 Å². The van der Waals surface area contributed by atoms with Gasteiger partial charge in [-0.3, -0.25) is 4.79 Å². The molecular formula is C24H20N2O3. The van der Waals surface area contributed by atoms with Crippen LogP contribution in [-0.2, 0) is 10.4 Å². The summed E-state index contributed by atoms with van der Waals surface area (Å²) in [5, 5.41) is 12.5. The van der Waals surface area contributed by atoms with Crippen molar-refractivity contribution in [3.05, 3.63) is 96.2 Å². The van der Waals surface area contributed by atoms with Crippen LogP contribution < -0.4 is 9.64 Å². The van der Waals surface area contributed by atoms with E-state index in [1.54, 1.807) is 11.1 Å². The van der Waals surface area contributed by atoms with Crippen molar-refractivity contribution >= 4 is 22.5 Å². The maximum Gasteiger partial charge on any atom is 0.268 e. The second-order valence-electron chi connectivity index (χ2n) is 7.09. The lowest BCUT2D eigenvalue weighted by molar-refractivity contribution is -0.132. The molecule has 2 N–H and O–H groups in total. The summed E-state index contributed by atoms with van der Waals surface area (Å²) in [5.41, 5.74) is 1.02. The minimum atomic E-state index is -1.73. The number of carbonyl (C=O) groups excluding carboxylic acids is 1. The molecular weight excluding hydrogens is 364 g/mol. The number of aromatic nitrogens is 1. The van der Waals surface area contributed by atoms with Crippen molar-refractivity contribution in [3.8, 4) is 5.75 Å². The summed E-state index contributed by atoms with van der Waals surface area (Å²) < 4.78 is 5.78. The number of carbonyl (C=O) groups is 1. The molecule has 4 aromatic rings. The average Bonchev–Trinajstić information content (AvgIpc) is 3.29. The summed E-state index contributed by atoms with van der Waals surface area (Å²) in [5.74, 6) is 0.388. The Morgan fingerprint density at radius 2 is 1.62 bits per heavy atom. The van der Waals surface area contributed by atoms with E-state index in [-0.39, 0.29) is 5.91 Å². The minimum absolute atomic E-state index is 0.327. The number of rotatable bonds is 5. The number of anilines is 1. The van der Waals surface area contributed by atoms with Crippen LogP contribution in [0.25, 0.3) is 10.9 Å². The summed E-state index contributed by atoms with van der Waals surface area (Å²) >= 11 is 0. The van der Waals surface area contributed by atoms with Gasteiger partial charge in [0.15, 0.2) is 5.60 Å². The van der Waals surface area contributed by atoms with Crippen molar-refractivity contribution in [2.75, 3.05) is 18.1 Å². The maximum absolute atomic E-state index is 13.5. The molecule has 29 heavy (non-hydrogen) atoms. The smallest absolute Gasteiger partial charge is 0.268 e. The van der Waals surface area contributed by atoms with E-state index in [2.05, 4.69) is 4.98 Å². The fourth-order valence-corrected chi connectivity index (χ4v) is 4.06. The molecule has 5 heteroatoms. The van der Waals surface area contributed by atoms with E-state index in [1.807, 2.05) is 78.9 Å². The zero-order valence-corrected chi connectivity index (χ0v) is 15.7. The van der Waals surface area contributed by atoms with Gasteiger partial charge in [0.25, 0.3) is 5.91 Å². The van der Waals surface area contributed by atoms with Crippen LogP contribution in [0.3, 0.4) is 0 Å². The highest BCUT2D eigenvalue weighted by molar-refractivity contribution is 6.11. The van der Waals surface area contributed by atoms with Gasteiger partial charge in [0, 0.05) is 28.2 Å². The Kier molecular flexibility index (Phi) is 4.11. The highest BCUT2D eigenvalue weighted by Crippen LogP contribution is 2.46. The standard InChI is InChI=1S/C24H20N2O3/c27-23-24(28,20-16-25-21-12-6-4-10-18(20)21)19-11-5-7-13-22(19)26(23)14-15-29-17-8-2-1-3-9-17/h1-13,16,25,28H,14-15H2/t24-/m1/s1. The number of aromatic amines is 1. The quantitative estimate of drug-likeness (QED) is 0.550. The minimum Gasteiger partial charge on any atom is -0.492 e. The number of nitrogens with zero attached hydrogens (tertiary/aromatic N) is 1. The Morgan fingerprint density at radius 1 is 0.897 bits per heavy atom. The fourth-order valence-electron chi connectivity index (χ4n) is 4.06. The first kappa shape index (κ1) is 17.5. The van der Waals surface area contributed by atoms with Gasteiger partial charge >= 0.3 is 0 Å². The van der Waals surface area contributed by atoms with Crippen LogP contribution in [-0.4, -0.2) is 29.1 Å². The van der Waals surface area contributed by atoms with Crippen LogP contribution >= 0.6 is 0 Å². The second kappa shape index (κ2) is 6.79. The molecule has 0 saturated heterocycles. The molecule has 0 unspecified atom stereocenters. The van der Waals surface area contributed by atoms with E-state index in [9.17, 15) is 9.90 Å². The third kappa shape index (κ3) is 2.70. The number of H-pyrrole nitrogens is 1. The molecule has 0 saturated carbocycles. The fraction of sp³-hybridized carbons (Fsp3) is 0.125. The lowest BCUT2D eigenvalue weighted by Gasteiger charge is -2.23. The SMILES string of the molecule is O=C1N(CCOc2ccccc2)c2ccccc2[C@@]1(O)c1c[nH]c2ccccc12. The predicted octanol–water partition coefficient (Wildman–Crippen LogP) is 3.83. The predicted molar refractivity (Wildman–Crippen MR) is 112 cm³/mol. The Hall–Kier alpha value is -3.57. The Labute approximate surface area is 168 Å². The van der Waals surface area contributed by atoms with Gasteiger partial charge < -0.3 is 19.7 Å². The number of benzene rings is 3. The van der Waals surface area contributed by atoms with Gasteiger partial charge in [-0.05, 0) is 24.3 Å². The zero-order chi connectivity index (χ0) is 19.8. The molecule has 3 aromatic carbocycles. The number of hydrogen-bond donors (Lipinski definition) is 2. The molecule has 1 amide bonds. The van der Waals surface area contributed by atoms with Crippen molar-refractivity contribution in [2.45, 2.75) is 5.60 Å². The van der Waals surface area contributed by atoms with Crippen molar-refractivity contribution in [3.63, 3.8) is 0 Å². The summed E-state index contributed by atoms with van der Waals surface area (Å²) in [4.78, 5) is 18.3. The molecule has 1 aliphatic heterocycles. The largest absolute Gasteiger partial charge is 0.492 e. The van der Waals surface area contributed by atoms with E-state index >= 15 is 0 Å². The summed E-state index contributed by atoms with van der Waals surface area (Å²) in [6, 6.07) is 24.5. The molecule has 0 spiro atoms. The van der Waals surface area contributed by atoms with Gasteiger partial charge in [-0.1, -0.05) is 54.6 Å². The van der Waals surface area contributed by atoms with Crippen LogP contribution in [0.15, 0.2) is 85.1 Å². The summed E-state index contributed by atoms with van der Waals surface area (Å²) in [6.07, 6.45) is 1.73. The van der Waals surface area contributed by atoms with Gasteiger partial charge in [-0.2, -0.15) is 0 Å². The van der Waals surface area contributed by atoms with E-state index in [1.165, 1.54) is 0 Å². The molecule has 2 heterocycles. The number of aliphatic hydroxyl groups is 1. The first-order chi connectivity index (χ1) is 14.2. The molecule has 0 bridgehead atoms. The van der Waals surface area contributed by atoms with Crippen LogP contribution in [0.4, 0.5) is 5.69 Å². The van der Waals surface area contributed by atoms with Crippen LogP contribution in [0.1, 0.15) is 11.1 Å². The first-order valence-electron chi connectivity index (χ1n) is 9.58. The number of hydrogen-bond acceptors (Lipinski definition) is 3. The molecule has 1 aromatic heterocycles. The topological polar surface area (TPSA) is 65.6 Å². The normalized spacial score (nSPS) is 18.2. The van der Waals surface area contributed by atoms with E-state index in [0.29, 0.717) is 30.0 Å². The van der Waals surface area contributed by atoms with Crippen molar-refractivity contribution < 1.29 is 14.6 Å². The van der Waals surface area contributed by atoms with Crippen LogP contribution in [0, 0.1) is 0 Å². The summed E-state index contributed by atoms with van der Waals surface area (Å²) in [7, 11) is 0. The maximum atomic E-state index is 13.5. The van der Waals surface area contributed by atoms with Gasteiger partial charge in [-0.25, -0.2) is 0 Å². The van der Waals surface area contributed by atoms with Gasteiger partial charge in [0.05, 0.1) is 12.2 Å². The van der Waals surface area contributed by atoms with E-state index < -0.39 is 5.60 Å². The monoisotopic (exact) mass is 384 g/mol. The Bertz CT molecular complexity index is 1180. The molecule has 144 valence electrons. The number of ether oxygens (including phenoxy) is 1. The number of amides is 1. The van der Waals surface area contributed by atoms with Gasteiger partial charge in [0.2, 0.25) is 0 Å². The number of fused-ring (bicyclic) bond motifs is 2. The van der Waals surface area contributed by atoms with E-state index in [4.69, 9.17) is 4.74 Å². The number of para-hydroxylation sites is 3. The van der Waals surface area contributed by atoms with Crippen LogP contribution in [0.5, 0.6) is 5.75 Å². The molecule has 0 fully saturated rings. The average molecular weight is 384 g/mol. The molecule has 1 atom stereocenters. The zero-order valence-electron chi connectivity index (χ0n) is 15.7. The Morgan fingerprint density at radius 3 is 2.48 bits per heavy atom. The lowest BCUT2D eigenvalue weighted by atomic mass is 9.87. The van der Waals surface area contributed by atoms with Gasteiger partial charge in [-0.15, -0.1) is 0 Å². The lowest BCUT2D eigenvalue weighted by Crippen LogP contribution is -2.42. The van der Waals surface area contributed by atoms with Crippen molar-refractivity contribution in [1.82, 2.24) is 4.98 Å². The first-order valence-corrected chi connectivity index (χ1v) is 9.58. The highest BCUT2D eigenvalue weighted by atomic mass is 16.5. The summed E-state index contributed by atoms with van der Waals surface area (Å²) in [6.45, 7) is 0.670.